The molecule has 0 bridgehead atoms. The molecule has 3 rings (SSSR count). The highest BCUT2D eigenvalue weighted by Crippen LogP contribution is 2.33. The minimum absolute atomic E-state index is 0.626. The fourth-order valence-electron chi connectivity index (χ4n) is 3.41. The Bertz CT molecular complexity index is 564. The van der Waals surface area contributed by atoms with Gasteiger partial charge in [0.1, 0.15) is 5.75 Å². The summed E-state index contributed by atoms with van der Waals surface area (Å²) in [5.41, 5.74) is 2.82. The highest BCUT2D eigenvalue weighted by atomic mass is 16.5. The lowest BCUT2D eigenvalue weighted by atomic mass is 9.81. The molecule has 22 heavy (non-hydrogen) atoms. The van der Waals surface area contributed by atoms with Gasteiger partial charge in [-0.15, -0.1) is 0 Å². The maximum atomic E-state index is 5.25. The zero-order valence-electron chi connectivity index (χ0n) is 13.3. The van der Waals surface area contributed by atoms with E-state index in [0.717, 1.165) is 12.3 Å². The summed E-state index contributed by atoms with van der Waals surface area (Å²) < 4.78 is 5.25. The second-order valence-electron chi connectivity index (χ2n) is 6.20. The molecule has 1 fully saturated rings. The van der Waals surface area contributed by atoms with Crippen LogP contribution in [0.25, 0.3) is 0 Å². The zero-order chi connectivity index (χ0) is 15.2. The van der Waals surface area contributed by atoms with E-state index in [1.165, 1.54) is 36.8 Å². The monoisotopic (exact) mass is 295 g/mol. The van der Waals surface area contributed by atoms with E-state index in [1.54, 1.807) is 7.11 Å². The first-order chi connectivity index (χ1) is 10.8. The highest BCUT2D eigenvalue weighted by molar-refractivity contribution is 5.29. The average molecular weight is 295 g/mol. The molecule has 0 radical (unpaired) electrons. The van der Waals surface area contributed by atoms with Gasteiger partial charge in [0.2, 0.25) is 0 Å². The van der Waals surface area contributed by atoms with Crippen molar-refractivity contribution in [2.24, 2.45) is 0 Å². The Morgan fingerprint density at radius 1 is 1.00 bits per heavy atom. The van der Waals surface area contributed by atoms with E-state index in [-0.39, 0.29) is 0 Å². The zero-order valence-corrected chi connectivity index (χ0v) is 13.3. The average Bonchev–Trinajstić information content (AvgIpc) is 2.61. The summed E-state index contributed by atoms with van der Waals surface area (Å²) in [5, 5.41) is 3.74. The van der Waals surface area contributed by atoms with Gasteiger partial charge in [-0.1, -0.05) is 48.9 Å². The topological polar surface area (TPSA) is 21.3 Å². The third-order valence-corrected chi connectivity index (χ3v) is 4.70. The first-order valence-corrected chi connectivity index (χ1v) is 8.26. The van der Waals surface area contributed by atoms with E-state index in [2.05, 4.69) is 59.9 Å². The van der Waals surface area contributed by atoms with Gasteiger partial charge in [-0.25, -0.2) is 0 Å². The van der Waals surface area contributed by atoms with Crippen LogP contribution in [0.5, 0.6) is 5.75 Å². The van der Waals surface area contributed by atoms with Crippen LogP contribution >= 0.6 is 0 Å². The Hall–Kier alpha value is -1.80. The van der Waals surface area contributed by atoms with Gasteiger partial charge in [-0.2, -0.15) is 0 Å². The summed E-state index contributed by atoms with van der Waals surface area (Å²) in [5.74, 6) is 1.62. The molecule has 0 spiro atoms. The van der Waals surface area contributed by atoms with E-state index in [4.69, 9.17) is 4.74 Å². The van der Waals surface area contributed by atoms with Gasteiger partial charge in [0.25, 0.3) is 0 Å². The van der Waals surface area contributed by atoms with Gasteiger partial charge in [0.05, 0.1) is 7.11 Å². The van der Waals surface area contributed by atoms with Crippen molar-refractivity contribution in [2.45, 2.75) is 44.2 Å². The summed E-state index contributed by atoms with van der Waals surface area (Å²) >= 11 is 0. The number of benzene rings is 2. The van der Waals surface area contributed by atoms with Crippen molar-refractivity contribution in [3.05, 3.63) is 65.7 Å². The van der Waals surface area contributed by atoms with Crippen LogP contribution in [0.1, 0.15) is 42.7 Å². The molecule has 1 saturated carbocycles. The molecule has 0 heterocycles. The van der Waals surface area contributed by atoms with Crippen molar-refractivity contribution in [1.29, 1.82) is 0 Å². The Morgan fingerprint density at radius 2 is 1.77 bits per heavy atom. The van der Waals surface area contributed by atoms with Gasteiger partial charge < -0.3 is 10.1 Å². The number of hydrogen-bond acceptors (Lipinski definition) is 2. The van der Waals surface area contributed by atoms with Crippen molar-refractivity contribution in [1.82, 2.24) is 5.32 Å². The molecule has 2 heteroatoms. The van der Waals surface area contributed by atoms with E-state index in [1.807, 2.05) is 0 Å². The largest absolute Gasteiger partial charge is 0.497 e. The second kappa shape index (κ2) is 7.46. The lowest BCUT2D eigenvalue weighted by Gasteiger charge is -2.30. The third-order valence-electron chi connectivity index (χ3n) is 4.70. The van der Waals surface area contributed by atoms with Crippen LogP contribution in [0.3, 0.4) is 0 Å². The smallest absolute Gasteiger partial charge is 0.118 e. The van der Waals surface area contributed by atoms with Crippen molar-refractivity contribution in [3.63, 3.8) is 0 Å². The number of nitrogens with one attached hydrogen (secondary N) is 1. The number of hydrogen-bond donors (Lipinski definition) is 1. The van der Waals surface area contributed by atoms with E-state index in [9.17, 15) is 0 Å². The standard InChI is InChI=1S/C20H25NO/c1-22-20-12-10-17(11-13-20)18-8-5-9-19(14-18)21-15-16-6-3-2-4-7-16/h2-4,6-7,10-13,18-19,21H,5,8-9,14-15H2,1H3. The van der Waals surface area contributed by atoms with Gasteiger partial charge in [0, 0.05) is 12.6 Å². The normalized spacial score (nSPS) is 21.5. The van der Waals surface area contributed by atoms with Crippen LogP contribution < -0.4 is 10.1 Å². The Labute approximate surface area is 133 Å². The molecular formula is C20H25NO. The molecule has 116 valence electrons. The van der Waals surface area contributed by atoms with Crippen LogP contribution in [0, 0.1) is 0 Å². The minimum atomic E-state index is 0.626. The summed E-state index contributed by atoms with van der Waals surface area (Å²) in [6, 6.07) is 19.9. The molecule has 0 aliphatic heterocycles. The van der Waals surface area contributed by atoms with Gasteiger partial charge in [-0.05, 0) is 48.4 Å². The Balaban J connectivity index is 1.56. The lowest BCUT2D eigenvalue weighted by molar-refractivity contribution is 0.338. The predicted molar refractivity (Wildman–Crippen MR) is 91.3 cm³/mol. The first kappa shape index (κ1) is 15.1. The molecular weight excluding hydrogens is 270 g/mol. The molecule has 2 aromatic carbocycles. The quantitative estimate of drug-likeness (QED) is 0.876. The van der Waals surface area contributed by atoms with Crippen LogP contribution in [0.2, 0.25) is 0 Å². The van der Waals surface area contributed by atoms with Gasteiger partial charge in [-0.3, -0.25) is 0 Å². The summed E-state index contributed by atoms with van der Waals surface area (Å²) in [7, 11) is 1.72. The van der Waals surface area contributed by atoms with Crippen LogP contribution in [-0.2, 0) is 6.54 Å². The molecule has 2 nitrogen and oxygen atoms in total. The number of methoxy groups -OCH3 is 1. The van der Waals surface area contributed by atoms with Gasteiger partial charge >= 0.3 is 0 Å². The lowest BCUT2D eigenvalue weighted by Crippen LogP contribution is -2.33. The van der Waals surface area contributed by atoms with Crippen LogP contribution in [-0.4, -0.2) is 13.2 Å². The third kappa shape index (κ3) is 3.89. The SMILES string of the molecule is COc1ccc(C2CCCC(NCc3ccccc3)C2)cc1. The minimum Gasteiger partial charge on any atom is -0.497 e. The second-order valence-corrected chi connectivity index (χ2v) is 6.20. The highest BCUT2D eigenvalue weighted by Gasteiger charge is 2.22. The van der Waals surface area contributed by atoms with E-state index in [0.29, 0.717) is 12.0 Å². The fraction of sp³-hybridized carbons (Fsp3) is 0.400. The van der Waals surface area contributed by atoms with Crippen molar-refractivity contribution in [2.75, 3.05) is 7.11 Å². The summed E-state index contributed by atoms with van der Waals surface area (Å²) in [6.45, 7) is 0.973. The Morgan fingerprint density at radius 3 is 2.50 bits per heavy atom. The van der Waals surface area contributed by atoms with Crippen LogP contribution in [0.4, 0.5) is 0 Å². The Kier molecular flexibility index (Phi) is 5.12. The van der Waals surface area contributed by atoms with E-state index < -0.39 is 0 Å². The van der Waals surface area contributed by atoms with Crippen molar-refractivity contribution < 1.29 is 4.74 Å². The molecule has 0 saturated heterocycles. The maximum Gasteiger partial charge on any atom is 0.118 e. The van der Waals surface area contributed by atoms with E-state index >= 15 is 0 Å². The molecule has 0 aromatic heterocycles. The fourth-order valence-corrected chi connectivity index (χ4v) is 3.41. The first-order valence-electron chi connectivity index (χ1n) is 8.26. The van der Waals surface area contributed by atoms with Gasteiger partial charge in [0.15, 0.2) is 0 Å². The molecule has 2 unspecified atom stereocenters. The molecule has 1 aliphatic rings. The van der Waals surface area contributed by atoms with Crippen molar-refractivity contribution in [3.8, 4) is 5.75 Å². The summed E-state index contributed by atoms with van der Waals surface area (Å²) in [4.78, 5) is 0. The molecule has 1 N–H and O–H groups in total. The van der Waals surface area contributed by atoms with Crippen molar-refractivity contribution >= 4 is 0 Å². The summed E-state index contributed by atoms with van der Waals surface area (Å²) in [6.07, 6.45) is 5.14. The number of rotatable bonds is 5. The number of ether oxygens (including phenoxy) is 1. The molecule has 0 amide bonds. The molecule has 2 aromatic rings. The molecule has 2 atom stereocenters. The predicted octanol–water partition coefficient (Wildman–Crippen LogP) is 4.51. The maximum absolute atomic E-state index is 5.25. The van der Waals surface area contributed by atoms with Crippen LogP contribution in [0.15, 0.2) is 54.6 Å². The molecule has 1 aliphatic carbocycles.